The molecule has 1 saturated carbocycles. The van der Waals surface area contributed by atoms with E-state index >= 15 is 0 Å². The van der Waals surface area contributed by atoms with Gasteiger partial charge in [-0.2, -0.15) is 4.98 Å². The van der Waals surface area contributed by atoms with Crippen LogP contribution < -0.4 is 5.32 Å². The smallest absolute Gasteiger partial charge is 0.249 e. The third-order valence-corrected chi connectivity index (χ3v) is 5.20. The number of rotatable bonds is 5. The van der Waals surface area contributed by atoms with Gasteiger partial charge in [-0.3, -0.25) is 9.59 Å². The highest BCUT2D eigenvalue weighted by Gasteiger charge is 2.34. The van der Waals surface area contributed by atoms with Crippen molar-refractivity contribution in [2.75, 3.05) is 13.1 Å². The van der Waals surface area contributed by atoms with E-state index in [4.69, 9.17) is 4.52 Å². The Morgan fingerprint density at radius 1 is 1.25 bits per heavy atom. The average Bonchev–Trinajstić information content (AvgIpc) is 2.97. The van der Waals surface area contributed by atoms with Gasteiger partial charge in [0.2, 0.25) is 17.7 Å². The van der Waals surface area contributed by atoms with E-state index in [2.05, 4.69) is 15.5 Å². The molecule has 0 spiro atoms. The van der Waals surface area contributed by atoms with E-state index < -0.39 is 0 Å². The Labute approximate surface area is 142 Å². The lowest BCUT2D eigenvalue weighted by atomic mass is 9.83. The summed E-state index contributed by atoms with van der Waals surface area (Å²) in [4.78, 5) is 30.9. The second kappa shape index (κ2) is 7.32. The molecule has 2 amide bonds. The van der Waals surface area contributed by atoms with E-state index in [9.17, 15) is 9.59 Å². The lowest BCUT2D eigenvalue weighted by Gasteiger charge is -2.36. The molecule has 132 valence electrons. The van der Waals surface area contributed by atoms with Gasteiger partial charge < -0.3 is 14.7 Å². The summed E-state index contributed by atoms with van der Waals surface area (Å²) in [6.45, 7) is 5.11. The van der Waals surface area contributed by atoms with Crippen molar-refractivity contribution >= 4 is 11.8 Å². The summed E-state index contributed by atoms with van der Waals surface area (Å²) >= 11 is 0. The molecule has 1 saturated heterocycles. The normalized spacial score (nSPS) is 20.5. The van der Waals surface area contributed by atoms with Gasteiger partial charge in [0, 0.05) is 24.9 Å². The first-order chi connectivity index (χ1) is 11.6. The SMILES string of the molecule is CC[C@H](NC(=O)C1CCN(C(=O)C2CCC2)CC1)c1nc(C)no1. The van der Waals surface area contributed by atoms with Crippen LogP contribution in [0.25, 0.3) is 0 Å². The van der Waals surface area contributed by atoms with E-state index in [0.717, 1.165) is 25.7 Å². The first-order valence-electron chi connectivity index (χ1n) is 8.97. The van der Waals surface area contributed by atoms with Crippen LogP contribution in [0.5, 0.6) is 0 Å². The minimum atomic E-state index is -0.242. The van der Waals surface area contributed by atoms with Gasteiger partial charge >= 0.3 is 0 Å². The maximum Gasteiger partial charge on any atom is 0.249 e. The zero-order chi connectivity index (χ0) is 17.1. The molecule has 2 fully saturated rings. The molecule has 0 bridgehead atoms. The second-order valence-corrected chi connectivity index (χ2v) is 6.88. The summed E-state index contributed by atoms with van der Waals surface area (Å²) in [6, 6.07) is -0.242. The molecule has 1 aliphatic heterocycles. The Balaban J connectivity index is 1.50. The monoisotopic (exact) mass is 334 g/mol. The molecule has 1 N–H and O–H groups in total. The Kier molecular flexibility index (Phi) is 5.16. The number of nitrogens with one attached hydrogen (secondary N) is 1. The molecule has 0 unspecified atom stereocenters. The first kappa shape index (κ1) is 16.9. The Morgan fingerprint density at radius 3 is 2.46 bits per heavy atom. The van der Waals surface area contributed by atoms with Crippen molar-refractivity contribution in [2.24, 2.45) is 11.8 Å². The summed E-state index contributed by atoms with van der Waals surface area (Å²) in [6.07, 6.45) is 5.38. The first-order valence-corrected chi connectivity index (χ1v) is 8.97. The number of hydrogen-bond donors (Lipinski definition) is 1. The van der Waals surface area contributed by atoms with Crippen molar-refractivity contribution in [3.05, 3.63) is 11.7 Å². The van der Waals surface area contributed by atoms with Crippen LogP contribution in [0.3, 0.4) is 0 Å². The number of piperidine rings is 1. The van der Waals surface area contributed by atoms with E-state index in [1.807, 2.05) is 11.8 Å². The van der Waals surface area contributed by atoms with Crippen LogP contribution in [0.15, 0.2) is 4.52 Å². The van der Waals surface area contributed by atoms with Gasteiger partial charge in [0.05, 0.1) is 0 Å². The number of nitrogens with zero attached hydrogens (tertiary/aromatic N) is 3. The Morgan fingerprint density at radius 2 is 1.96 bits per heavy atom. The van der Waals surface area contributed by atoms with Crippen LogP contribution in [-0.2, 0) is 9.59 Å². The zero-order valence-electron chi connectivity index (χ0n) is 14.5. The molecule has 2 aliphatic rings. The van der Waals surface area contributed by atoms with Gasteiger partial charge in [-0.05, 0) is 39.0 Å². The van der Waals surface area contributed by atoms with Crippen LogP contribution in [0.2, 0.25) is 0 Å². The van der Waals surface area contributed by atoms with Crippen molar-refractivity contribution in [3.63, 3.8) is 0 Å². The quantitative estimate of drug-likeness (QED) is 0.889. The lowest BCUT2D eigenvalue weighted by molar-refractivity contribution is -0.141. The van der Waals surface area contributed by atoms with Crippen molar-refractivity contribution in [1.29, 1.82) is 0 Å². The molecular weight excluding hydrogens is 308 g/mol. The standard InChI is InChI=1S/C17H26N4O3/c1-3-14(16-18-11(2)20-24-16)19-15(22)12-7-9-21(10-8-12)17(23)13-5-4-6-13/h12-14H,3-10H2,1-2H3,(H,19,22)/t14-/m0/s1. The molecule has 7 nitrogen and oxygen atoms in total. The molecular formula is C17H26N4O3. The zero-order valence-corrected chi connectivity index (χ0v) is 14.5. The van der Waals surface area contributed by atoms with Crippen LogP contribution in [-0.4, -0.2) is 39.9 Å². The summed E-state index contributed by atoms with van der Waals surface area (Å²) in [7, 11) is 0. The Hall–Kier alpha value is -1.92. The molecule has 2 heterocycles. The highest BCUT2D eigenvalue weighted by atomic mass is 16.5. The molecule has 1 aliphatic carbocycles. The molecule has 24 heavy (non-hydrogen) atoms. The van der Waals surface area contributed by atoms with Gasteiger partial charge in [-0.1, -0.05) is 18.5 Å². The minimum Gasteiger partial charge on any atom is -0.344 e. The van der Waals surface area contributed by atoms with Crippen LogP contribution in [0, 0.1) is 18.8 Å². The highest BCUT2D eigenvalue weighted by molar-refractivity contribution is 5.81. The minimum absolute atomic E-state index is 0.0217. The van der Waals surface area contributed by atoms with Crippen molar-refractivity contribution in [2.45, 2.75) is 58.4 Å². The molecule has 1 aromatic heterocycles. The fourth-order valence-corrected chi connectivity index (χ4v) is 3.36. The van der Waals surface area contributed by atoms with Gasteiger partial charge in [0.25, 0.3) is 0 Å². The summed E-state index contributed by atoms with van der Waals surface area (Å²) in [5.74, 6) is 1.52. The fourth-order valence-electron chi connectivity index (χ4n) is 3.36. The molecule has 0 radical (unpaired) electrons. The maximum absolute atomic E-state index is 12.5. The topological polar surface area (TPSA) is 88.3 Å². The van der Waals surface area contributed by atoms with Crippen LogP contribution in [0.4, 0.5) is 0 Å². The van der Waals surface area contributed by atoms with Gasteiger partial charge in [0.15, 0.2) is 5.82 Å². The van der Waals surface area contributed by atoms with Crippen molar-refractivity contribution in [1.82, 2.24) is 20.4 Å². The largest absolute Gasteiger partial charge is 0.344 e. The summed E-state index contributed by atoms with van der Waals surface area (Å²) < 4.78 is 5.17. The van der Waals surface area contributed by atoms with Crippen molar-refractivity contribution < 1.29 is 14.1 Å². The van der Waals surface area contributed by atoms with Gasteiger partial charge in [-0.15, -0.1) is 0 Å². The summed E-state index contributed by atoms with van der Waals surface area (Å²) in [5.41, 5.74) is 0. The number of aryl methyl sites for hydroxylation is 1. The number of carbonyl (C=O) groups excluding carboxylic acids is 2. The van der Waals surface area contributed by atoms with Crippen LogP contribution >= 0.6 is 0 Å². The predicted octanol–water partition coefficient (Wildman–Crippen LogP) is 1.98. The van der Waals surface area contributed by atoms with Crippen LogP contribution in [0.1, 0.15) is 63.2 Å². The van der Waals surface area contributed by atoms with E-state index in [-0.39, 0.29) is 29.7 Å². The second-order valence-electron chi connectivity index (χ2n) is 6.88. The predicted molar refractivity (Wildman–Crippen MR) is 86.9 cm³/mol. The fraction of sp³-hybridized carbons (Fsp3) is 0.765. The van der Waals surface area contributed by atoms with Crippen molar-refractivity contribution in [3.8, 4) is 0 Å². The van der Waals surface area contributed by atoms with E-state index in [0.29, 0.717) is 31.2 Å². The number of aromatic nitrogens is 2. The third kappa shape index (κ3) is 3.60. The molecule has 3 rings (SSSR count). The van der Waals surface area contributed by atoms with Gasteiger partial charge in [-0.25, -0.2) is 0 Å². The number of hydrogen-bond acceptors (Lipinski definition) is 5. The number of carbonyl (C=O) groups is 2. The summed E-state index contributed by atoms with van der Waals surface area (Å²) in [5, 5.41) is 6.80. The highest BCUT2D eigenvalue weighted by Crippen LogP contribution is 2.30. The van der Waals surface area contributed by atoms with Gasteiger partial charge in [0.1, 0.15) is 6.04 Å². The lowest BCUT2D eigenvalue weighted by Crippen LogP contribution is -2.46. The molecule has 1 aromatic rings. The molecule has 0 aromatic carbocycles. The average molecular weight is 334 g/mol. The van der Waals surface area contributed by atoms with E-state index in [1.54, 1.807) is 6.92 Å². The third-order valence-electron chi connectivity index (χ3n) is 5.20. The Bertz CT molecular complexity index is 588. The number of likely N-dealkylation sites (tertiary alicyclic amines) is 1. The van der Waals surface area contributed by atoms with E-state index in [1.165, 1.54) is 6.42 Å². The molecule has 1 atom stereocenters. The maximum atomic E-state index is 12.5. The number of amides is 2. The molecule has 7 heteroatoms.